The second-order valence-electron chi connectivity index (χ2n) is 3.49. The lowest BCUT2D eigenvalue weighted by Gasteiger charge is -2.14. The summed E-state index contributed by atoms with van der Waals surface area (Å²) in [5.41, 5.74) is 10.7. The lowest BCUT2D eigenvalue weighted by molar-refractivity contribution is -0.276. The molecule has 9 heteroatoms. The third-order valence-corrected chi connectivity index (χ3v) is 2.14. The number of alkyl halides is 3. The molecule has 0 aromatic carbocycles. The molecule has 0 saturated heterocycles. The highest BCUT2D eigenvalue weighted by Crippen LogP contribution is 2.29. The Bertz CT molecular complexity index is 477. The minimum Gasteiger partial charge on any atom is -0.469 e. The normalized spacial score (nSPS) is 11.2. The van der Waals surface area contributed by atoms with E-state index in [1.807, 2.05) is 0 Å². The molecule has 0 fully saturated rings. The third-order valence-electron chi connectivity index (χ3n) is 2.14. The molecule has 0 spiro atoms. The van der Waals surface area contributed by atoms with Crippen LogP contribution in [-0.2, 0) is 22.5 Å². The Morgan fingerprint density at radius 2 is 2.11 bits per heavy atom. The minimum absolute atomic E-state index is 0.0694. The number of ether oxygens (including phenoxy) is 2. The third kappa shape index (κ3) is 4.28. The molecule has 1 rings (SSSR count). The molecule has 0 atom stereocenters. The molecule has 0 aliphatic carbocycles. The summed E-state index contributed by atoms with van der Waals surface area (Å²) in [6, 6.07) is 1.28. The smallest absolute Gasteiger partial charge is 0.469 e. The fourth-order valence-electron chi connectivity index (χ4n) is 1.31. The van der Waals surface area contributed by atoms with Crippen molar-refractivity contribution in [1.82, 2.24) is 4.98 Å². The zero-order valence-electron chi connectivity index (χ0n) is 9.95. The summed E-state index contributed by atoms with van der Waals surface area (Å²) in [7, 11) is 1.10. The van der Waals surface area contributed by atoms with Crippen molar-refractivity contribution in [2.24, 2.45) is 5.73 Å². The standard InChI is InChI=1S/C10H12F3N3O3/c1-18-8(17)3-6-7(15)2-5(4-14)16-9(6)19-10(11,12)13/h2H,3-4,14H2,1H3,(H2,15,16). The fourth-order valence-corrected chi connectivity index (χ4v) is 1.31. The first-order valence-corrected chi connectivity index (χ1v) is 5.07. The van der Waals surface area contributed by atoms with Gasteiger partial charge in [-0.25, -0.2) is 4.98 Å². The van der Waals surface area contributed by atoms with Gasteiger partial charge in [-0.05, 0) is 6.07 Å². The number of carbonyl (C=O) groups excluding carboxylic acids is 1. The van der Waals surface area contributed by atoms with Crippen molar-refractivity contribution in [1.29, 1.82) is 0 Å². The number of nitrogens with two attached hydrogens (primary N) is 2. The largest absolute Gasteiger partial charge is 0.574 e. The van der Waals surface area contributed by atoms with Crippen LogP contribution in [0.15, 0.2) is 6.07 Å². The lowest BCUT2D eigenvalue weighted by atomic mass is 10.1. The van der Waals surface area contributed by atoms with Gasteiger partial charge in [0.05, 0.1) is 19.2 Å². The Hall–Kier alpha value is -2.03. The number of methoxy groups -OCH3 is 1. The van der Waals surface area contributed by atoms with E-state index in [0.717, 1.165) is 7.11 Å². The Kier molecular flexibility index (Phi) is 4.54. The van der Waals surface area contributed by atoms with E-state index in [4.69, 9.17) is 11.5 Å². The van der Waals surface area contributed by atoms with Gasteiger partial charge in [0, 0.05) is 17.8 Å². The number of aromatic nitrogens is 1. The number of esters is 1. The van der Waals surface area contributed by atoms with Crippen LogP contribution in [0.3, 0.4) is 0 Å². The van der Waals surface area contributed by atoms with Gasteiger partial charge in [0.15, 0.2) is 0 Å². The number of hydrogen-bond donors (Lipinski definition) is 2. The Balaban J connectivity index is 3.21. The van der Waals surface area contributed by atoms with Crippen LogP contribution in [0.5, 0.6) is 5.88 Å². The molecule has 6 nitrogen and oxygen atoms in total. The highest BCUT2D eigenvalue weighted by molar-refractivity contribution is 5.76. The maximum absolute atomic E-state index is 12.3. The molecule has 19 heavy (non-hydrogen) atoms. The number of halogens is 3. The van der Waals surface area contributed by atoms with Gasteiger partial charge in [-0.3, -0.25) is 4.79 Å². The van der Waals surface area contributed by atoms with Crippen LogP contribution in [0, 0.1) is 0 Å². The molecule has 0 aliphatic heterocycles. The van der Waals surface area contributed by atoms with Crippen molar-refractivity contribution in [3.63, 3.8) is 0 Å². The van der Waals surface area contributed by atoms with Crippen molar-refractivity contribution in [2.45, 2.75) is 19.3 Å². The van der Waals surface area contributed by atoms with Crippen molar-refractivity contribution in [3.8, 4) is 5.88 Å². The number of anilines is 1. The zero-order chi connectivity index (χ0) is 14.6. The molecule has 0 aliphatic rings. The Morgan fingerprint density at radius 1 is 1.47 bits per heavy atom. The van der Waals surface area contributed by atoms with Gasteiger partial charge in [0.25, 0.3) is 0 Å². The van der Waals surface area contributed by atoms with Crippen LogP contribution in [0.25, 0.3) is 0 Å². The maximum atomic E-state index is 12.3. The molecule has 0 bridgehead atoms. The molecular weight excluding hydrogens is 267 g/mol. The van der Waals surface area contributed by atoms with Crippen LogP contribution >= 0.6 is 0 Å². The molecule has 1 aromatic heterocycles. The number of hydrogen-bond acceptors (Lipinski definition) is 6. The van der Waals surface area contributed by atoms with Crippen LogP contribution < -0.4 is 16.2 Å². The molecule has 106 valence electrons. The molecule has 0 amide bonds. The van der Waals surface area contributed by atoms with Crippen molar-refractivity contribution >= 4 is 11.7 Å². The van der Waals surface area contributed by atoms with Crippen LogP contribution in [0.4, 0.5) is 18.9 Å². The Morgan fingerprint density at radius 3 is 2.58 bits per heavy atom. The van der Waals surface area contributed by atoms with Crippen LogP contribution in [-0.4, -0.2) is 24.4 Å². The highest BCUT2D eigenvalue weighted by Gasteiger charge is 2.34. The summed E-state index contributed by atoms with van der Waals surface area (Å²) in [4.78, 5) is 14.7. The van der Waals surface area contributed by atoms with Crippen molar-refractivity contribution in [2.75, 3.05) is 12.8 Å². The number of rotatable bonds is 4. The summed E-state index contributed by atoms with van der Waals surface area (Å²) in [5.74, 6) is -1.56. The SMILES string of the molecule is COC(=O)Cc1c(N)cc(CN)nc1OC(F)(F)F. The minimum atomic E-state index is -4.95. The quantitative estimate of drug-likeness (QED) is 0.788. The summed E-state index contributed by atoms with van der Waals surface area (Å²) in [6.45, 7) is -0.114. The van der Waals surface area contributed by atoms with E-state index in [1.54, 1.807) is 0 Å². The van der Waals surface area contributed by atoms with Gasteiger partial charge in [0.2, 0.25) is 5.88 Å². The topological polar surface area (TPSA) is 100 Å². The number of pyridine rings is 1. The van der Waals surface area contributed by atoms with Gasteiger partial charge in [-0.2, -0.15) is 0 Å². The molecule has 1 aromatic rings. The van der Waals surface area contributed by atoms with E-state index >= 15 is 0 Å². The van der Waals surface area contributed by atoms with Gasteiger partial charge >= 0.3 is 12.3 Å². The van der Waals surface area contributed by atoms with Gasteiger partial charge in [-0.1, -0.05) is 0 Å². The maximum Gasteiger partial charge on any atom is 0.574 e. The zero-order valence-corrected chi connectivity index (χ0v) is 9.95. The molecule has 0 unspecified atom stereocenters. The second kappa shape index (κ2) is 5.74. The van der Waals surface area contributed by atoms with E-state index in [0.29, 0.717) is 0 Å². The first kappa shape index (κ1) is 15.0. The molecule has 0 radical (unpaired) electrons. The lowest BCUT2D eigenvalue weighted by Crippen LogP contribution is -2.21. The molecule has 1 heterocycles. The second-order valence-corrected chi connectivity index (χ2v) is 3.49. The highest BCUT2D eigenvalue weighted by atomic mass is 19.4. The van der Waals surface area contributed by atoms with E-state index in [2.05, 4.69) is 14.5 Å². The number of nitrogen functional groups attached to an aromatic ring is 1. The molecule has 4 N–H and O–H groups in total. The number of carbonyl (C=O) groups is 1. The fraction of sp³-hybridized carbons (Fsp3) is 0.400. The summed E-state index contributed by atoms with van der Waals surface area (Å²) in [5, 5.41) is 0. The van der Waals surface area contributed by atoms with Crippen LogP contribution in [0.1, 0.15) is 11.3 Å². The molecule has 0 saturated carbocycles. The average Bonchev–Trinajstić information content (AvgIpc) is 2.30. The van der Waals surface area contributed by atoms with Crippen LogP contribution in [0.2, 0.25) is 0 Å². The monoisotopic (exact) mass is 279 g/mol. The van der Waals surface area contributed by atoms with Gasteiger partial charge in [0.1, 0.15) is 0 Å². The summed E-state index contributed by atoms with van der Waals surface area (Å²) < 4.78 is 44.9. The van der Waals surface area contributed by atoms with Gasteiger partial charge in [-0.15, -0.1) is 13.2 Å². The first-order valence-electron chi connectivity index (χ1n) is 5.07. The van der Waals surface area contributed by atoms with E-state index in [9.17, 15) is 18.0 Å². The van der Waals surface area contributed by atoms with E-state index in [-0.39, 0.29) is 23.5 Å². The molecular formula is C10H12F3N3O3. The predicted molar refractivity (Wildman–Crippen MR) is 58.9 cm³/mol. The average molecular weight is 279 g/mol. The predicted octanol–water partition coefficient (Wildman–Crippen LogP) is 0.737. The number of nitrogens with zero attached hydrogens (tertiary/aromatic N) is 1. The van der Waals surface area contributed by atoms with Crippen molar-refractivity contribution < 1.29 is 27.4 Å². The van der Waals surface area contributed by atoms with Gasteiger partial charge < -0.3 is 20.9 Å². The summed E-state index contributed by atoms with van der Waals surface area (Å²) in [6.07, 6.45) is -5.43. The van der Waals surface area contributed by atoms with E-state index in [1.165, 1.54) is 6.07 Å². The van der Waals surface area contributed by atoms with E-state index < -0.39 is 24.6 Å². The van der Waals surface area contributed by atoms with Crippen molar-refractivity contribution in [3.05, 3.63) is 17.3 Å². The first-order chi connectivity index (χ1) is 8.76. The summed E-state index contributed by atoms with van der Waals surface area (Å²) >= 11 is 0. The Labute approximate surface area is 106 Å².